The highest BCUT2D eigenvalue weighted by Gasteiger charge is 2.32. The van der Waals surface area contributed by atoms with Crippen LogP contribution in [0.15, 0.2) is 0 Å². The third-order valence-electron chi connectivity index (χ3n) is 4.48. The SMILES string of the molecule is CN(CCN1CCCC1)C(=O)CC1(N)CCCC1. The van der Waals surface area contributed by atoms with Gasteiger partial charge in [-0.15, -0.1) is 0 Å². The van der Waals surface area contributed by atoms with Crippen molar-refractivity contribution in [3.8, 4) is 0 Å². The lowest BCUT2D eigenvalue weighted by atomic mass is 9.94. The van der Waals surface area contributed by atoms with E-state index < -0.39 is 0 Å². The molecule has 2 N–H and O–H groups in total. The number of amides is 1. The van der Waals surface area contributed by atoms with Gasteiger partial charge in [-0.3, -0.25) is 4.79 Å². The molecule has 104 valence electrons. The number of hydrogen-bond acceptors (Lipinski definition) is 3. The van der Waals surface area contributed by atoms with Gasteiger partial charge in [-0.25, -0.2) is 0 Å². The molecule has 4 heteroatoms. The first-order valence-corrected chi connectivity index (χ1v) is 7.34. The largest absolute Gasteiger partial charge is 0.344 e. The average molecular weight is 253 g/mol. The number of carbonyl (C=O) groups is 1. The van der Waals surface area contributed by atoms with Crippen molar-refractivity contribution in [1.82, 2.24) is 9.80 Å². The van der Waals surface area contributed by atoms with E-state index in [1.807, 2.05) is 11.9 Å². The molecule has 2 aliphatic rings. The summed E-state index contributed by atoms with van der Waals surface area (Å²) in [5.41, 5.74) is 6.05. The van der Waals surface area contributed by atoms with Crippen LogP contribution in [0, 0.1) is 0 Å². The minimum Gasteiger partial charge on any atom is -0.344 e. The molecular weight excluding hydrogens is 226 g/mol. The molecule has 18 heavy (non-hydrogen) atoms. The van der Waals surface area contributed by atoms with Crippen LogP contribution in [0.3, 0.4) is 0 Å². The Labute approximate surface area is 110 Å². The predicted molar refractivity (Wildman–Crippen MR) is 73.3 cm³/mol. The Hall–Kier alpha value is -0.610. The van der Waals surface area contributed by atoms with Gasteiger partial charge in [0, 0.05) is 32.1 Å². The van der Waals surface area contributed by atoms with Crippen LogP contribution in [0.1, 0.15) is 44.9 Å². The Balaban J connectivity index is 1.70. The Morgan fingerprint density at radius 2 is 1.83 bits per heavy atom. The fourth-order valence-electron chi connectivity index (χ4n) is 3.11. The summed E-state index contributed by atoms with van der Waals surface area (Å²) >= 11 is 0. The van der Waals surface area contributed by atoms with Crippen LogP contribution in [0.5, 0.6) is 0 Å². The summed E-state index contributed by atoms with van der Waals surface area (Å²) in [6.07, 6.45) is 7.54. The third-order valence-corrected chi connectivity index (χ3v) is 4.48. The zero-order chi connectivity index (χ0) is 13.0. The van der Waals surface area contributed by atoms with Crippen LogP contribution < -0.4 is 5.73 Å². The second-order valence-corrected chi connectivity index (χ2v) is 6.11. The van der Waals surface area contributed by atoms with Crippen LogP contribution in [-0.2, 0) is 4.79 Å². The first-order chi connectivity index (χ1) is 8.59. The van der Waals surface area contributed by atoms with E-state index in [2.05, 4.69) is 4.90 Å². The molecule has 2 rings (SSSR count). The first-order valence-electron chi connectivity index (χ1n) is 7.34. The summed E-state index contributed by atoms with van der Waals surface area (Å²) in [5, 5.41) is 0. The smallest absolute Gasteiger partial charge is 0.224 e. The van der Waals surface area contributed by atoms with Gasteiger partial charge < -0.3 is 15.5 Å². The number of rotatable bonds is 5. The molecule has 0 atom stereocenters. The second kappa shape index (κ2) is 6.02. The fraction of sp³-hybridized carbons (Fsp3) is 0.929. The molecular formula is C14H27N3O. The van der Waals surface area contributed by atoms with Gasteiger partial charge in [0.15, 0.2) is 0 Å². The van der Waals surface area contributed by atoms with Crippen LogP contribution in [0.4, 0.5) is 0 Å². The lowest BCUT2D eigenvalue weighted by molar-refractivity contribution is -0.131. The van der Waals surface area contributed by atoms with Gasteiger partial charge in [-0.05, 0) is 38.8 Å². The Bertz CT molecular complexity index is 281. The standard InChI is InChI=1S/C14H27N3O/c1-16(10-11-17-8-4-5-9-17)13(18)12-14(15)6-2-3-7-14/h2-12,15H2,1H3. The van der Waals surface area contributed by atoms with Gasteiger partial charge in [0.1, 0.15) is 0 Å². The van der Waals surface area contributed by atoms with E-state index in [1.54, 1.807) is 0 Å². The summed E-state index contributed by atoms with van der Waals surface area (Å²) in [7, 11) is 1.91. The topological polar surface area (TPSA) is 49.6 Å². The highest BCUT2D eigenvalue weighted by Crippen LogP contribution is 2.30. The Kier molecular flexibility index (Phi) is 4.62. The second-order valence-electron chi connectivity index (χ2n) is 6.11. The molecule has 1 heterocycles. The molecule has 4 nitrogen and oxygen atoms in total. The normalized spacial score (nSPS) is 23.4. The molecule has 1 aliphatic heterocycles. The quantitative estimate of drug-likeness (QED) is 0.801. The number of likely N-dealkylation sites (tertiary alicyclic amines) is 1. The Morgan fingerprint density at radius 3 is 2.44 bits per heavy atom. The maximum absolute atomic E-state index is 12.1. The lowest BCUT2D eigenvalue weighted by Gasteiger charge is -2.27. The average Bonchev–Trinajstić information content (AvgIpc) is 2.97. The summed E-state index contributed by atoms with van der Waals surface area (Å²) < 4.78 is 0. The van der Waals surface area contributed by atoms with E-state index >= 15 is 0 Å². The zero-order valence-corrected chi connectivity index (χ0v) is 11.7. The van der Waals surface area contributed by atoms with Crippen molar-refractivity contribution in [2.24, 2.45) is 5.73 Å². The van der Waals surface area contributed by atoms with E-state index in [9.17, 15) is 4.79 Å². The highest BCUT2D eigenvalue weighted by molar-refractivity contribution is 5.77. The molecule has 0 spiro atoms. The van der Waals surface area contributed by atoms with Gasteiger partial charge in [-0.1, -0.05) is 12.8 Å². The molecule has 0 aromatic rings. The van der Waals surface area contributed by atoms with Gasteiger partial charge in [0.25, 0.3) is 0 Å². The number of nitrogens with zero attached hydrogens (tertiary/aromatic N) is 2. The third kappa shape index (κ3) is 3.69. The summed E-state index contributed by atoms with van der Waals surface area (Å²) in [5.74, 6) is 0.221. The minimum atomic E-state index is -0.209. The number of likely N-dealkylation sites (N-methyl/N-ethyl adjacent to an activating group) is 1. The van der Waals surface area contributed by atoms with Crippen LogP contribution in [0.2, 0.25) is 0 Å². The van der Waals surface area contributed by atoms with Crippen LogP contribution >= 0.6 is 0 Å². The van der Waals surface area contributed by atoms with Gasteiger partial charge in [0.2, 0.25) is 5.91 Å². The number of nitrogens with two attached hydrogens (primary N) is 1. The van der Waals surface area contributed by atoms with Gasteiger partial charge in [-0.2, -0.15) is 0 Å². The number of carbonyl (C=O) groups excluding carboxylic acids is 1. The fourth-order valence-corrected chi connectivity index (χ4v) is 3.11. The highest BCUT2D eigenvalue weighted by atomic mass is 16.2. The van der Waals surface area contributed by atoms with E-state index in [0.717, 1.165) is 25.9 Å². The van der Waals surface area contributed by atoms with E-state index in [0.29, 0.717) is 6.42 Å². The maximum atomic E-state index is 12.1. The van der Waals surface area contributed by atoms with Gasteiger partial charge >= 0.3 is 0 Å². The zero-order valence-electron chi connectivity index (χ0n) is 11.7. The molecule has 0 radical (unpaired) electrons. The van der Waals surface area contributed by atoms with Gasteiger partial charge in [0.05, 0.1) is 0 Å². The molecule has 0 aromatic carbocycles. The first kappa shape index (κ1) is 13.8. The monoisotopic (exact) mass is 253 g/mol. The van der Waals surface area contributed by atoms with Crippen molar-refractivity contribution in [3.63, 3.8) is 0 Å². The van der Waals surface area contributed by atoms with Crippen molar-refractivity contribution in [3.05, 3.63) is 0 Å². The van der Waals surface area contributed by atoms with Crippen LogP contribution in [-0.4, -0.2) is 54.5 Å². The summed E-state index contributed by atoms with van der Waals surface area (Å²) in [4.78, 5) is 16.4. The molecule has 0 unspecified atom stereocenters. The molecule has 1 saturated carbocycles. The lowest BCUT2D eigenvalue weighted by Crippen LogP contribution is -2.44. The molecule has 2 fully saturated rings. The van der Waals surface area contributed by atoms with Crippen molar-refractivity contribution >= 4 is 5.91 Å². The van der Waals surface area contributed by atoms with Crippen molar-refractivity contribution < 1.29 is 4.79 Å². The predicted octanol–water partition coefficient (Wildman–Crippen LogP) is 1.20. The molecule has 1 saturated heterocycles. The van der Waals surface area contributed by atoms with Crippen molar-refractivity contribution in [2.45, 2.75) is 50.5 Å². The maximum Gasteiger partial charge on any atom is 0.224 e. The molecule has 1 aliphatic carbocycles. The van der Waals surface area contributed by atoms with Crippen molar-refractivity contribution in [2.75, 3.05) is 33.2 Å². The summed E-state index contributed by atoms with van der Waals surface area (Å²) in [6, 6.07) is 0. The van der Waals surface area contributed by atoms with E-state index in [-0.39, 0.29) is 11.4 Å². The minimum absolute atomic E-state index is 0.209. The van der Waals surface area contributed by atoms with E-state index in [4.69, 9.17) is 5.73 Å². The van der Waals surface area contributed by atoms with E-state index in [1.165, 1.54) is 38.8 Å². The molecule has 0 aromatic heterocycles. The summed E-state index contributed by atoms with van der Waals surface area (Å²) in [6.45, 7) is 4.25. The number of hydrogen-bond donors (Lipinski definition) is 1. The van der Waals surface area contributed by atoms with Crippen LogP contribution in [0.25, 0.3) is 0 Å². The van der Waals surface area contributed by atoms with Crippen molar-refractivity contribution in [1.29, 1.82) is 0 Å². The Morgan fingerprint density at radius 1 is 1.22 bits per heavy atom. The molecule has 0 bridgehead atoms. The molecule has 1 amide bonds.